The second-order valence-electron chi connectivity index (χ2n) is 8.51. The van der Waals surface area contributed by atoms with Crippen LogP contribution in [0.5, 0.6) is 0 Å². The third-order valence-electron chi connectivity index (χ3n) is 5.29. The van der Waals surface area contributed by atoms with Gasteiger partial charge in [-0.25, -0.2) is 9.78 Å². The lowest BCUT2D eigenvalue weighted by atomic mass is 10.1. The standard InChI is InChI=1S/C22H22N4O3/c1-22(2,3)29-21(28)26-12-13-10-14(26)11-25(13)18-9-8-17-19(24-18)15-6-4-5-7-16(15)20(27)23-17/h4-10,14H,11-12H2,1-3H3,(H,23,27)/t14-/m0/s1. The van der Waals surface area contributed by atoms with E-state index in [0.29, 0.717) is 24.0 Å². The van der Waals surface area contributed by atoms with Crippen molar-refractivity contribution in [3.8, 4) is 0 Å². The number of nitrogens with zero attached hydrogens (tertiary/aromatic N) is 3. The van der Waals surface area contributed by atoms with Crippen LogP contribution >= 0.6 is 0 Å². The molecule has 0 saturated carbocycles. The normalized spacial score (nSPS) is 18.6. The summed E-state index contributed by atoms with van der Waals surface area (Å²) >= 11 is 0. The summed E-state index contributed by atoms with van der Waals surface area (Å²) in [7, 11) is 0. The molecular weight excluding hydrogens is 368 g/mol. The Kier molecular flexibility index (Phi) is 3.71. The van der Waals surface area contributed by atoms with E-state index in [2.05, 4.69) is 16.0 Å². The van der Waals surface area contributed by atoms with Crippen LogP contribution in [0.2, 0.25) is 0 Å². The van der Waals surface area contributed by atoms with Crippen molar-refractivity contribution in [1.29, 1.82) is 0 Å². The molecule has 0 spiro atoms. The zero-order valence-electron chi connectivity index (χ0n) is 16.6. The Labute approximate surface area is 167 Å². The van der Waals surface area contributed by atoms with Gasteiger partial charge in [0.1, 0.15) is 11.4 Å². The summed E-state index contributed by atoms with van der Waals surface area (Å²) in [6.07, 6.45) is 1.81. The van der Waals surface area contributed by atoms with Crippen LogP contribution in [0.15, 0.2) is 53.0 Å². The lowest BCUT2D eigenvalue weighted by Crippen LogP contribution is -2.48. The number of anilines is 1. The first kappa shape index (κ1) is 17.7. The molecule has 7 nitrogen and oxygen atoms in total. The van der Waals surface area contributed by atoms with E-state index in [1.165, 1.54) is 0 Å². The quantitative estimate of drug-likeness (QED) is 0.645. The molecule has 148 valence electrons. The number of carbonyl (C=O) groups is 1. The van der Waals surface area contributed by atoms with Crippen molar-refractivity contribution in [3.05, 3.63) is 58.5 Å². The lowest BCUT2D eigenvalue weighted by molar-refractivity contribution is 0.0231. The third kappa shape index (κ3) is 2.93. The Morgan fingerprint density at radius 1 is 1.17 bits per heavy atom. The largest absolute Gasteiger partial charge is 0.444 e. The first-order chi connectivity index (χ1) is 13.8. The molecule has 7 heteroatoms. The number of hydrogen-bond acceptors (Lipinski definition) is 5. The number of hydrogen-bond donors (Lipinski definition) is 1. The number of H-pyrrole nitrogens is 1. The van der Waals surface area contributed by atoms with Crippen molar-refractivity contribution in [2.45, 2.75) is 32.4 Å². The van der Waals surface area contributed by atoms with Crippen molar-refractivity contribution in [1.82, 2.24) is 14.9 Å². The molecule has 1 N–H and O–H groups in total. The second kappa shape index (κ2) is 6.07. The number of fused-ring (bicyclic) bond motifs is 4. The van der Waals surface area contributed by atoms with Crippen molar-refractivity contribution in [2.24, 2.45) is 0 Å². The van der Waals surface area contributed by atoms with Crippen LogP contribution < -0.4 is 10.5 Å². The van der Waals surface area contributed by atoms with Crippen molar-refractivity contribution in [3.63, 3.8) is 0 Å². The number of piperazine rings is 1. The first-order valence-electron chi connectivity index (χ1n) is 9.70. The summed E-state index contributed by atoms with van der Waals surface area (Å²) in [5.41, 5.74) is 1.90. The van der Waals surface area contributed by atoms with Gasteiger partial charge < -0.3 is 14.6 Å². The minimum Gasteiger partial charge on any atom is -0.444 e. The van der Waals surface area contributed by atoms with Crippen LogP contribution in [0.1, 0.15) is 20.8 Å². The highest BCUT2D eigenvalue weighted by molar-refractivity contribution is 6.03. The highest BCUT2D eigenvalue weighted by Gasteiger charge is 2.41. The Balaban J connectivity index is 1.46. The number of benzene rings is 1. The summed E-state index contributed by atoms with van der Waals surface area (Å²) in [6, 6.07) is 11.3. The average Bonchev–Trinajstić information content (AvgIpc) is 3.28. The smallest absolute Gasteiger partial charge is 0.411 e. The fraction of sp³-hybridized carbons (Fsp3) is 0.318. The minimum atomic E-state index is -0.513. The average molecular weight is 390 g/mol. The lowest BCUT2D eigenvalue weighted by Gasteiger charge is -2.35. The van der Waals surface area contributed by atoms with Gasteiger partial charge in [0.2, 0.25) is 0 Å². The molecule has 1 atom stereocenters. The van der Waals surface area contributed by atoms with Gasteiger partial charge in [-0.2, -0.15) is 0 Å². The predicted molar refractivity (Wildman–Crippen MR) is 112 cm³/mol. The molecule has 1 amide bonds. The highest BCUT2D eigenvalue weighted by Crippen LogP contribution is 2.34. The van der Waals surface area contributed by atoms with Crippen molar-refractivity contribution >= 4 is 33.7 Å². The molecule has 0 unspecified atom stereocenters. The molecule has 2 aliphatic heterocycles. The van der Waals surface area contributed by atoms with E-state index in [9.17, 15) is 9.59 Å². The van der Waals surface area contributed by atoms with E-state index in [-0.39, 0.29) is 17.7 Å². The molecule has 2 aromatic heterocycles. The van der Waals surface area contributed by atoms with E-state index in [4.69, 9.17) is 9.72 Å². The number of nitrogens with one attached hydrogen (secondary N) is 1. The summed E-state index contributed by atoms with van der Waals surface area (Å²) in [6.45, 7) is 6.77. The van der Waals surface area contributed by atoms with Gasteiger partial charge >= 0.3 is 6.09 Å². The van der Waals surface area contributed by atoms with Gasteiger partial charge in [0.25, 0.3) is 5.56 Å². The highest BCUT2D eigenvalue weighted by atomic mass is 16.6. The van der Waals surface area contributed by atoms with Crippen molar-refractivity contribution in [2.75, 3.05) is 18.0 Å². The Morgan fingerprint density at radius 3 is 2.62 bits per heavy atom. The molecule has 0 radical (unpaired) electrons. The Hall–Kier alpha value is -3.35. The number of ether oxygens (including phenoxy) is 1. The van der Waals surface area contributed by atoms with Crippen LogP contribution in [0.25, 0.3) is 21.8 Å². The number of amides is 1. The van der Waals surface area contributed by atoms with E-state index in [1.54, 1.807) is 11.0 Å². The number of pyridine rings is 2. The molecule has 29 heavy (non-hydrogen) atoms. The maximum atomic E-state index is 12.4. The van der Waals surface area contributed by atoms with Crippen LogP contribution in [0.3, 0.4) is 0 Å². The molecule has 1 aromatic carbocycles. The number of carbonyl (C=O) groups excluding carboxylic acids is 1. The van der Waals surface area contributed by atoms with Gasteiger partial charge in [0.05, 0.1) is 23.6 Å². The maximum absolute atomic E-state index is 12.4. The fourth-order valence-electron chi connectivity index (χ4n) is 4.03. The molecule has 2 aliphatic rings. The molecule has 3 aromatic rings. The first-order valence-corrected chi connectivity index (χ1v) is 9.70. The summed E-state index contributed by atoms with van der Waals surface area (Å²) in [5.74, 6) is 0.812. The van der Waals surface area contributed by atoms with Gasteiger partial charge in [-0.3, -0.25) is 9.69 Å². The summed E-state index contributed by atoms with van der Waals surface area (Å²) in [5, 5.41) is 1.46. The molecule has 0 aliphatic carbocycles. The van der Waals surface area contributed by atoms with Gasteiger partial charge in [0, 0.05) is 23.0 Å². The molecule has 5 rings (SSSR count). The zero-order chi connectivity index (χ0) is 20.3. The fourth-order valence-corrected chi connectivity index (χ4v) is 4.03. The van der Waals surface area contributed by atoms with Crippen LogP contribution in [-0.4, -0.2) is 45.7 Å². The number of aromatic amines is 1. The molecule has 0 saturated heterocycles. The molecule has 4 heterocycles. The Bertz CT molecular complexity index is 1240. The summed E-state index contributed by atoms with van der Waals surface area (Å²) < 4.78 is 5.52. The number of aromatic nitrogens is 2. The van der Waals surface area contributed by atoms with Gasteiger partial charge in [-0.05, 0) is 45.0 Å². The molecular formula is C22H22N4O3. The van der Waals surface area contributed by atoms with Crippen molar-refractivity contribution < 1.29 is 9.53 Å². The van der Waals surface area contributed by atoms with E-state index >= 15 is 0 Å². The predicted octanol–water partition coefficient (Wildman–Crippen LogP) is 3.40. The van der Waals surface area contributed by atoms with Gasteiger partial charge in [-0.15, -0.1) is 0 Å². The van der Waals surface area contributed by atoms with E-state index < -0.39 is 5.60 Å². The van der Waals surface area contributed by atoms with E-state index in [1.807, 2.05) is 51.1 Å². The molecule has 0 fully saturated rings. The van der Waals surface area contributed by atoms with Crippen LogP contribution in [0, 0.1) is 0 Å². The topological polar surface area (TPSA) is 78.5 Å². The maximum Gasteiger partial charge on any atom is 0.411 e. The second-order valence-corrected chi connectivity index (χ2v) is 8.51. The Morgan fingerprint density at radius 2 is 1.93 bits per heavy atom. The monoisotopic (exact) mass is 390 g/mol. The van der Waals surface area contributed by atoms with Gasteiger partial charge in [-0.1, -0.05) is 18.2 Å². The zero-order valence-corrected chi connectivity index (χ0v) is 16.6. The van der Waals surface area contributed by atoms with Crippen LogP contribution in [-0.2, 0) is 4.74 Å². The van der Waals surface area contributed by atoms with E-state index in [0.717, 1.165) is 22.4 Å². The minimum absolute atomic E-state index is 0.0235. The number of rotatable bonds is 1. The van der Waals surface area contributed by atoms with Gasteiger partial charge in [0.15, 0.2) is 0 Å². The van der Waals surface area contributed by atoms with Crippen LogP contribution in [0.4, 0.5) is 10.6 Å². The summed E-state index contributed by atoms with van der Waals surface area (Å²) in [4.78, 5) is 36.4. The SMILES string of the molecule is CC(C)(C)OC(=O)N1CC2=C[C@H]1CN2c1ccc2[nH]c(=O)c3ccccc3c2n1. The molecule has 2 bridgehead atoms. The third-order valence-corrected chi connectivity index (χ3v) is 5.29.